The van der Waals surface area contributed by atoms with Crippen molar-refractivity contribution in [3.8, 4) is 6.07 Å². The molecule has 1 aliphatic heterocycles. The van der Waals surface area contributed by atoms with Crippen LogP contribution in [-0.4, -0.2) is 34.0 Å². The van der Waals surface area contributed by atoms with Crippen LogP contribution in [0.4, 0.5) is 10.2 Å². The van der Waals surface area contributed by atoms with Crippen molar-refractivity contribution in [3.05, 3.63) is 51.3 Å². The van der Waals surface area contributed by atoms with E-state index in [1.54, 1.807) is 17.9 Å². The molecule has 4 rings (SSSR count). The number of hydrogen-bond donors (Lipinski definition) is 1. The molecule has 1 aromatic carbocycles. The second kappa shape index (κ2) is 8.00. The van der Waals surface area contributed by atoms with Crippen LogP contribution < -0.4 is 5.31 Å². The largest absolute Gasteiger partial charge is 0.367 e. The molecule has 0 spiro atoms. The van der Waals surface area contributed by atoms with Crippen LogP contribution in [0.2, 0.25) is 5.75 Å². The van der Waals surface area contributed by atoms with Gasteiger partial charge in [-0.05, 0) is 43.0 Å². The Morgan fingerprint density at radius 3 is 3.07 bits per heavy atom. The van der Waals surface area contributed by atoms with Crippen molar-refractivity contribution in [1.29, 1.82) is 5.26 Å². The first kappa shape index (κ1) is 13.8. The average Bonchev–Trinajstić information content (AvgIpc) is 3.07. The number of piperidine rings is 1. The Bertz CT molecular complexity index is 1270. The molecule has 3 heterocycles. The number of aryl methyl sites for hydroxylation is 1. The maximum atomic E-state index is 14.0. The Morgan fingerprint density at radius 2 is 2.32 bits per heavy atom. The number of anilines is 1. The van der Waals surface area contributed by atoms with Gasteiger partial charge in [-0.1, -0.05) is 17.7 Å². The Kier molecular flexibility index (Phi) is 3.95. The number of benzene rings is 1. The number of rotatable bonds is 4. The van der Waals surface area contributed by atoms with Gasteiger partial charge in [0.15, 0.2) is 1.41 Å². The molecule has 1 fully saturated rings. The van der Waals surface area contributed by atoms with Crippen molar-refractivity contribution in [3.63, 3.8) is 0 Å². The fourth-order valence-electron chi connectivity index (χ4n) is 3.13. The van der Waals surface area contributed by atoms with Crippen molar-refractivity contribution >= 4 is 39.0 Å². The van der Waals surface area contributed by atoms with E-state index in [9.17, 15) is 4.39 Å². The summed E-state index contributed by atoms with van der Waals surface area (Å²) < 4.78 is 56.4. The number of nitrogens with zero attached hydrogens (tertiary/aromatic N) is 4. The van der Waals surface area contributed by atoms with Gasteiger partial charge in [-0.3, -0.25) is 4.90 Å². The van der Waals surface area contributed by atoms with E-state index >= 15 is 0 Å². The molecule has 8 heteroatoms. The molecule has 0 bridgehead atoms. The van der Waals surface area contributed by atoms with Gasteiger partial charge in [-0.2, -0.15) is 5.26 Å². The van der Waals surface area contributed by atoms with Gasteiger partial charge in [-0.25, -0.2) is 14.4 Å². The normalized spacial score (nSPS) is 20.4. The van der Waals surface area contributed by atoms with Crippen LogP contribution >= 0.6 is 22.9 Å². The van der Waals surface area contributed by atoms with E-state index in [4.69, 9.17) is 23.8 Å². The summed E-state index contributed by atoms with van der Waals surface area (Å²) in [5.74, 6) is -0.591. The highest BCUT2D eigenvalue weighted by Gasteiger charge is 2.21. The van der Waals surface area contributed by atoms with Gasteiger partial charge in [-0.15, -0.1) is 11.3 Å². The lowest BCUT2D eigenvalue weighted by Gasteiger charge is -2.32. The maximum Gasteiger partial charge on any atom is 0.162 e. The molecule has 0 aliphatic carbocycles. The Balaban J connectivity index is 1.57. The van der Waals surface area contributed by atoms with Crippen LogP contribution in [0.15, 0.2) is 24.5 Å². The van der Waals surface area contributed by atoms with Crippen LogP contribution in [0.1, 0.15) is 35.0 Å². The first-order valence-corrected chi connectivity index (χ1v) is 9.84. The fourth-order valence-corrected chi connectivity index (χ4v) is 4.10. The predicted molar refractivity (Wildman–Crippen MR) is 110 cm³/mol. The summed E-state index contributed by atoms with van der Waals surface area (Å²) in [4.78, 5) is 10.1. The quantitative estimate of drug-likeness (QED) is 0.660. The highest BCUT2D eigenvalue weighted by Crippen LogP contribution is 2.32. The van der Waals surface area contributed by atoms with Crippen LogP contribution in [0, 0.1) is 24.1 Å². The number of halogens is 2. The lowest BCUT2D eigenvalue weighted by molar-refractivity contribution is 0.211. The van der Waals surface area contributed by atoms with Crippen molar-refractivity contribution in [1.82, 2.24) is 14.9 Å². The van der Waals surface area contributed by atoms with Crippen LogP contribution in [0.3, 0.4) is 0 Å². The fraction of sp³-hybridized carbons (Fsp3) is 0.350. The highest BCUT2D eigenvalue weighted by molar-refractivity contribution is 7.22. The standard InChI is InChI=1S/C20H19ClFN5S/c1-12-6-13(7-14(9-23)18(12)22)10-27-4-2-15(3-5-27)26-19-16-8-17(21)28-20(16)25-11-24-19/h6-8,11,15H,2-5,10H2,1H3,(H,24,25,26)/i8D,10D,11D,15D/hD. The first-order valence-electron chi connectivity index (χ1n) is 11.2. The van der Waals surface area contributed by atoms with E-state index in [2.05, 4.69) is 9.97 Å². The smallest absolute Gasteiger partial charge is 0.162 e. The predicted octanol–water partition coefficient (Wildman–Crippen LogP) is 4.74. The molecule has 2 aromatic heterocycles. The van der Waals surface area contributed by atoms with E-state index in [0.29, 0.717) is 29.0 Å². The zero-order chi connectivity index (χ0) is 24.1. The monoisotopic (exact) mass is 420 g/mol. The summed E-state index contributed by atoms with van der Waals surface area (Å²) in [5, 5.41) is 10.3. The molecule has 0 radical (unpaired) electrons. The van der Waals surface area contributed by atoms with Gasteiger partial charge >= 0.3 is 0 Å². The minimum atomic E-state index is -1.40. The molecule has 0 saturated carbocycles. The number of nitrogens with one attached hydrogen (secondary N) is 1. The third-order valence-electron chi connectivity index (χ3n) is 4.52. The molecule has 1 saturated heterocycles. The molecular weight excluding hydrogens is 397 g/mol. The van der Waals surface area contributed by atoms with Gasteiger partial charge in [0.1, 0.15) is 30.2 Å². The average molecular weight is 421 g/mol. The molecule has 1 unspecified atom stereocenters. The van der Waals surface area contributed by atoms with E-state index in [-0.39, 0.29) is 46.3 Å². The van der Waals surface area contributed by atoms with Crippen molar-refractivity contribution in [2.75, 3.05) is 18.4 Å². The molecule has 0 amide bonds. The molecule has 3 aromatic rings. The molecule has 1 aliphatic rings. The second-order valence-corrected chi connectivity index (χ2v) is 8.08. The number of fused-ring (bicyclic) bond motifs is 1. The molecule has 5 nitrogen and oxygen atoms in total. The number of nitriles is 1. The molecular formula is C20H19ClFN5S. The van der Waals surface area contributed by atoms with Crippen molar-refractivity contribution in [2.24, 2.45) is 0 Å². The van der Waals surface area contributed by atoms with Crippen molar-refractivity contribution in [2.45, 2.75) is 32.3 Å². The summed E-state index contributed by atoms with van der Waals surface area (Å²) in [6.45, 7) is 1.33. The zero-order valence-corrected chi connectivity index (χ0v) is 16.5. The molecule has 1 N–H and O–H groups in total. The number of thiophene rings is 1. The summed E-state index contributed by atoms with van der Waals surface area (Å²) in [6.07, 6.45) is 0.0717. The van der Waals surface area contributed by atoms with Gasteiger partial charge in [0.05, 0.1) is 18.0 Å². The highest BCUT2D eigenvalue weighted by atomic mass is 35.5. The van der Waals surface area contributed by atoms with Gasteiger partial charge in [0, 0.05) is 27.0 Å². The van der Waals surface area contributed by atoms with Crippen LogP contribution in [0.25, 0.3) is 10.2 Å². The van der Waals surface area contributed by atoms with Crippen molar-refractivity contribution < 1.29 is 11.3 Å². The lowest BCUT2D eigenvalue weighted by Crippen LogP contribution is -2.38. The minimum Gasteiger partial charge on any atom is -0.367 e. The molecule has 144 valence electrons. The maximum absolute atomic E-state index is 14.0. The SMILES string of the molecule is [2H]c1nc(N([2H])C2([2H])CCN(C([2H])c3cc(C)c(F)c(C#N)c3)CC2)c2c([2H])c(Cl)sc2n1. The van der Waals surface area contributed by atoms with E-state index in [1.165, 1.54) is 6.07 Å². The number of aromatic nitrogens is 2. The summed E-state index contributed by atoms with van der Waals surface area (Å²) in [7, 11) is 0. The topological polar surface area (TPSA) is 64.8 Å². The Labute approximate surface area is 178 Å². The van der Waals surface area contributed by atoms with E-state index in [0.717, 1.165) is 16.6 Å². The summed E-state index contributed by atoms with van der Waals surface area (Å²) in [5.41, 5.74) is 0.685. The number of hydrogen-bond acceptors (Lipinski definition) is 6. The molecule has 28 heavy (non-hydrogen) atoms. The van der Waals surface area contributed by atoms with Gasteiger partial charge in [0.25, 0.3) is 0 Å². The molecule has 1 atom stereocenters. The Hall–Kier alpha value is -2.27. The third-order valence-corrected chi connectivity index (χ3v) is 5.62. The Morgan fingerprint density at radius 1 is 1.54 bits per heavy atom. The van der Waals surface area contributed by atoms with E-state index in [1.807, 2.05) is 6.07 Å². The lowest BCUT2D eigenvalue weighted by atomic mass is 10.0. The summed E-state index contributed by atoms with van der Waals surface area (Å²) in [6, 6.07) is 3.31. The third kappa shape index (κ3) is 3.95. The van der Waals surface area contributed by atoms with Gasteiger partial charge in [0.2, 0.25) is 0 Å². The summed E-state index contributed by atoms with van der Waals surface area (Å²) >= 11 is 7.09. The zero-order valence-electron chi connectivity index (χ0n) is 20.0. The first-order chi connectivity index (χ1) is 15.6. The minimum absolute atomic E-state index is 0.00292. The van der Waals surface area contributed by atoms with Crippen LogP contribution in [0.5, 0.6) is 0 Å². The second-order valence-electron chi connectivity index (χ2n) is 6.48. The number of likely N-dealkylation sites (tertiary alicyclic amines) is 1. The van der Waals surface area contributed by atoms with Crippen LogP contribution in [-0.2, 0) is 6.52 Å². The van der Waals surface area contributed by atoms with E-state index < -0.39 is 18.4 Å². The van der Waals surface area contributed by atoms with Gasteiger partial charge < -0.3 is 5.31 Å².